The molecule has 0 aliphatic carbocycles. The second kappa shape index (κ2) is 3.65. The lowest BCUT2D eigenvalue weighted by Gasteiger charge is -2.27. The quantitative estimate of drug-likeness (QED) is 0.601. The largest absolute Gasteiger partial charge is 0.324 e. The van der Waals surface area contributed by atoms with Crippen molar-refractivity contribution in [3.63, 3.8) is 0 Å². The highest BCUT2D eigenvalue weighted by Gasteiger charge is 2.44. The first-order valence-electron chi connectivity index (χ1n) is 4.19. The summed E-state index contributed by atoms with van der Waals surface area (Å²) in [6.07, 6.45) is 0.851. The third kappa shape index (κ3) is 1.85. The molecular formula is C8H13BrN2O2. The third-order valence-corrected chi connectivity index (χ3v) is 2.77. The van der Waals surface area contributed by atoms with E-state index >= 15 is 0 Å². The average Bonchev–Trinajstić information content (AvgIpc) is 2.21. The van der Waals surface area contributed by atoms with E-state index in [9.17, 15) is 9.59 Å². The van der Waals surface area contributed by atoms with Gasteiger partial charge in [0, 0.05) is 11.9 Å². The second-order valence-corrected chi connectivity index (χ2v) is 4.31. The van der Waals surface area contributed by atoms with Crippen LogP contribution in [0.1, 0.15) is 20.3 Å². The van der Waals surface area contributed by atoms with Gasteiger partial charge >= 0.3 is 6.03 Å². The Bertz CT molecular complexity index is 240. The summed E-state index contributed by atoms with van der Waals surface area (Å²) in [5.74, 6) is -0.216. The summed E-state index contributed by atoms with van der Waals surface area (Å²) in [5.41, 5.74) is -0.695. The second-order valence-electron chi connectivity index (χ2n) is 3.51. The fourth-order valence-corrected chi connectivity index (χ4v) is 1.54. The van der Waals surface area contributed by atoms with Crippen molar-refractivity contribution in [3.8, 4) is 0 Å². The lowest BCUT2D eigenvalue weighted by molar-refractivity contribution is -0.125. The van der Waals surface area contributed by atoms with Crippen LogP contribution in [0.4, 0.5) is 4.79 Å². The van der Waals surface area contributed by atoms with Crippen molar-refractivity contribution < 1.29 is 9.59 Å². The van der Waals surface area contributed by atoms with Gasteiger partial charge in [-0.05, 0) is 20.3 Å². The molecule has 74 valence electrons. The molecule has 0 aromatic heterocycles. The minimum absolute atomic E-state index is 0.216. The lowest BCUT2D eigenvalue weighted by atomic mass is 10.0. The Morgan fingerprint density at radius 2 is 2.08 bits per heavy atom. The van der Waals surface area contributed by atoms with E-state index in [0.717, 1.165) is 11.8 Å². The Morgan fingerprint density at radius 3 is 2.46 bits per heavy atom. The molecule has 13 heavy (non-hydrogen) atoms. The van der Waals surface area contributed by atoms with Crippen LogP contribution in [0.15, 0.2) is 0 Å². The predicted molar refractivity (Wildman–Crippen MR) is 52.7 cm³/mol. The first kappa shape index (κ1) is 10.5. The molecule has 4 nitrogen and oxygen atoms in total. The molecule has 0 unspecified atom stereocenters. The van der Waals surface area contributed by atoms with Gasteiger partial charge in [0.15, 0.2) is 0 Å². The van der Waals surface area contributed by atoms with Crippen LogP contribution in [0, 0.1) is 0 Å². The SMILES string of the molecule is CC1(C)C(=O)NC(=O)N1CCCBr. The van der Waals surface area contributed by atoms with Crippen LogP contribution in [0.2, 0.25) is 0 Å². The van der Waals surface area contributed by atoms with Crippen molar-refractivity contribution >= 4 is 27.9 Å². The maximum Gasteiger partial charge on any atom is 0.324 e. The van der Waals surface area contributed by atoms with Crippen LogP contribution >= 0.6 is 15.9 Å². The van der Waals surface area contributed by atoms with Gasteiger partial charge in [-0.3, -0.25) is 10.1 Å². The predicted octanol–water partition coefficient (Wildman–Crippen LogP) is 1.10. The number of urea groups is 1. The van der Waals surface area contributed by atoms with E-state index in [1.807, 2.05) is 0 Å². The van der Waals surface area contributed by atoms with Gasteiger partial charge in [-0.1, -0.05) is 15.9 Å². The Hall–Kier alpha value is -0.580. The standard InChI is InChI=1S/C8H13BrN2O2/c1-8(2)6(12)10-7(13)11(8)5-3-4-9/h3-5H2,1-2H3,(H,10,12,13). The molecule has 1 heterocycles. The summed E-state index contributed by atoms with van der Waals surface area (Å²) in [4.78, 5) is 24.1. The van der Waals surface area contributed by atoms with Gasteiger partial charge in [0.1, 0.15) is 5.54 Å². The van der Waals surface area contributed by atoms with Crippen molar-refractivity contribution in [2.45, 2.75) is 25.8 Å². The van der Waals surface area contributed by atoms with Crippen LogP contribution in [-0.4, -0.2) is 34.3 Å². The summed E-state index contributed by atoms with van der Waals surface area (Å²) in [6, 6.07) is -0.282. The number of amides is 3. The van der Waals surface area contributed by atoms with Crippen molar-refractivity contribution in [2.75, 3.05) is 11.9 Å². The number of halogens is 1. The molecular weight excluding hydrogens is 236 g/mol. The fourth-order valence-electron chi connectivity index (χ4n) is 1.29. The maximum atomic E-state index is 11.3. The van der Waals surface area contributed by atoms with Gasteiger partial charge in [-0.15, -0.1) is 0 Å². The smallest absolute Gasteiger partial charge is 0.310 e. The van der Waals surface area contributed by atoms with Crippen LogP contribution in [-0.2, 0) is 4.79 Å². The van der Waals surface area contributed by atoms with Crippen LogP contribution in [0.3, 0.4) is 0 Å². The van der Waals surface area contributed by atoms with Crippen LogP contribution in [0.25, 0.3) is 0 Å². The molecule has 3 amide bonds. The Morgan fingerprint density at radius 1 is 1.46 bits per heavy atom. The van der Waals surface area contributed by atoms with Gasteiger partial charge in [-0.25, -0.2) is 4.79 Å². The monoisotopic (exact) mass is 248 g/mol. The van der Waals surface area contributed by atoms with Crippen molar-refractivity contribution in [1.82, 2.24) is 10.2 Å². The van der Waals surface area contributed by atoms with Gasteiger partial charge in [0.05, 0.1) is 0 Å². The highest BCUT2D eigenvalue weighted by atomic mass is 79.9. The van der Waals surface area contributed by atoms with Gasteiger partial charge < -0.3 is 4.90 Å². The van der Waals surface area contributed by atoms with E-state index in [1.165, 1.54) is 0 Å². The molecule has 0 aromatic rings. The molecule has 1 rings (SSSR count). The summed E-state index contributed by atoms with van der Waals surface area (Å²) in [5, 5.41) is 3.13. The third-order valence-electron chi connectivity index (χ3n) is 2.21. The molecule has 0 aromatic carbocycles. The van der Waals surface area contributed by atoms with Crippen molar-refractivity contribution in [2.24, 2.45) is 0 Å². The molecule has 1 saturated heterocycles. The molecule has 1 aliphatic rings. The molecule has 0 radical (unpaired) electrons. The molecule has 1 fully saturated rings. The number of rotatable bonds is 3. The zero-order valence-corrected chi connectivity index (χ0v) is 9.35. The Balaban J connectivity index is 2.71. The number of nitrogens with one attached hydrogen (secondary N) is 1. The minimum atomic E-state index is -0.695. The van der Waals surface area contributed by atoms with Gasteiger partial charge in [0.2, 0.25) is 0 Å². The number of alkyl halides is 1. The first-order chi connectivity index (χ1) is 6.00. The highest BCUT2D eigenvalue weighted by molar-refractivity contribution is 9.09. The molecule has 0 atom stereocenters. The van der Waals surface area contributed by atoms with Crippen molar-refractivity contribution in [1.29, 1.82) is 0 Å². The summed E-state index contributed by atoms with van der Waals surface area (Å²) in [7, 11) is 0. The summed E-state index contributed by atoms with van der Waals surface area (Å²) < 4.78 is 0. The number of hydrogen-bond acceptors (Lipinski definition) is 2. The number of carbonyl (C=O) groups is 2. The van der Waals surface area contributed by atoms with Crippen LogP contribution in [0.5, 0.6) is 0 Å². The zero-order valence-electron chi connectivity index (χ0n) is 7.76. The molecule has 0 bridgehead atoms. The minimum Gasteiger partial charge on any atom is -0.310 e. The zero-order chi connectivity index (χ0) is 10.1. The molecule has 1 N–H and O–H groups in total. The van der Waals surface area contributed by atoms with E-state index in [-0.39, 0.29) is 11.9 Å². The number of imide groups is 1. The topological polar surface area (TPSA) is 49.4 Å². The van der Waals surface area contributed by atoms with Crippen LogP contribution < -0.4 is 5.32 Å². The normalized spacial score (nSPS) is 20.7. The molecule has 0 saturated carbocycles. The van der Waals surface area contributed by atoms with Gasteiger partial charge in [-0.2, -0.15) is 0 Å². The highest BCUT2D eigenvalue weighted by Crippen LogP contribution is 2.20. The van der Waals surface area contributed by atoms with E-state index < -0.39 is 5.54 Å². The van der Waals surface area contributed by atoms with Gasteiger partial charge in [0.25, 0.3) is 5.91 Å². The maximum absolute atomic E-state index is 11.3. The molecule has 5 heteroatoms. The molecule has 1 aliphatic heterocycles. The van der Waals surface area contributed by atoms with E-state index in [0.29, 0.717) is 6.54 Å². The number of carbonyl (C=O) groups excluding carboxylic acids is 2. The molecule has 0 spiro atoms. The van der Waals surface area contributed by atoms with Crippen molar-refractivity contribution in [3.05, 3.63) is 0 Å². The fraction of sp³-hybridized carbons (Fsp3) is 0.750. The Labute approximate surface area is 85.8 Å². The summed E-state index contributed by atoms with van der Waals surface area (Å²) in [6.45, 7) is 4.11. The first-order valence-corrected chi connectivity index (χ1v) is 5.31. The average molecular weight is 249 g/mol. The van der Waals surface area contributed by atoms with E-state index in [1.54, 1.807) is 18.7 Å². The summed E-state index contributed by atoms with van der Waals surface area (Å²) >= 11 is 3.29. The number of nitrogens with zero attached hydrogens (tertiary/aromatic N) is 1. The van der Waals surface area contributed by atoms with E-state index in [4.69, 9.17) is 0 Å². The lowest BCUT2D eigenvalue weighted by Crippen LogP contribution is -2.44. The Kier molecular flexibility index (Phi) is 2.95. The van der Waals surface area contributed by atoms with E-state index in [2.05, 4.69) is 21.2 Å². The number of hydrogen-bond donors (Lipinski definition) is 1.